The van der Waals surface area contributed by atoms with Crippen molar-refractivity contribution < 1.29 is 4.79 Å². The van der Waals surface area contributed by atoms with Crippen LogP contribution in [0.25, 0.3) is 0 Å². The van der Waals surface area contributed by atoms with E-state index in [9.17, 15) is 4.79 Å². The van der Waals surface area contributed by atoms with E-state index >= 15 is 0 Å². The second kappa shape index (κ2) is 5.88. The Morgan fingerprint density at radius 1 is 1.40 bits per heavy atom. The van der Waals surface area contributed by atoms with E-state index in [0.29, 0.717) is 6.54 Å². The van der Waals surface area contributed by atoms with Crippen LogP contribution in [0.2, 0.25) is 0 Å². The Kier molecular flexibility index (Phi) is 3.78. The Hall–Kier alpha value is -2.14. The zero-order chi connectivity index (χ0) is 13.8. The Labute approximate surface area is 118 Å². The molecule has 20 heavy (non-hydrogen) atoms. The number of carbonyl (C=O) groups is 1. The van der Waals surface area contributed by atoms with E-state index in [0.717, 1.165) is 13.0 Å². The molecule has 1 aliphatic heterocycles. The standard InChI is InChI=1S/C15H18N4O/c20-15(11-19-9-3-7-18-19)17-10-14-13-5-2-1-4-12(13)6-8-16-14/h1-5,7,9,14,16H,6,8,10-11H2,(H,17,20). The average molecular weight is 270 g/mol. The number of benzene rings is 1. The Morgan fingerprint density at radius 2 is 2.30 bits per heavy atom. The first-order valence-corrected chi connectivity index (χ1v) is 6.88. The fraction of sp³-hybridized carbons (Fsp3) is 0.333. The van der Waals surface area contributed by atoms with Crippen LogP contribution in [-0.4, -0.2) is 28.8 Å². The van der Waals surface area contributed by atoms with Gasteiger partial charge >= 0.3 is 0 Å². The summed E-state index contributed by atoms with van der Waals surface area (Å²) in [5.74, 6) is -0.0152. The molecule has 0 saturated heterocycles. The molecule has 1 amide bonds. The number of carbonyl (C=O) groups excluding carboxylic acids is 1. The Bertz CT molecular complexity index is 579. The number of aromatic nitrogens is 2. The normalized spacial score (nSPS) is 17.5. The van der Waals surface area contributed by atoms with E-state index in [-0.39, 0.29) is 18.5 Å². The van der Waals surface area contributed by atoms with Gasteiger partial charge in [0.25, 0.3) is 0 Å². The highest BCUT2D eigenvalue weighted by atomic mass is 16.2. The first-order valence-electron chi connectivity index (χ1n) is 6.88. The van der Waals surface area contributed by atoms with Gasteiger partial charge in [-0.2, -0.15) is 5.10 Å². The molecule has 2 heterocycles. The highest BCUT2D eigenvalue weighted by Crippen LogP contribution is 2.21. The molecule has 0 aliphatic carbocycles. The lowest BCUT2D eigenvalue weighted by Gasteiger charge is -2.27. The van der Waals surface area contributed by atoms with Crippen LogP contribution in [0.3, 0.4) is 0 Å². The van der Waals surface area contributed by atoms with Gasteiger partial charge in [0.15, 0.2) is 0 Å². The molecule has 5 heteroatoms. The highest BCUT2D eigenvalue weighted by Gasteiger charge is 2.19. The van der Waals surface area contributed by atoms with Crippen molar-refractivity contribution in [1.82, 2.24) is 20.4 Å². The lowest BCUT2D eigenvalue weighted by molar-refractivity contribution is -0.121. The number of nitrogens with zero attached hydrogens (tertiary/aromatic N) is 2. The van der Waals surface area contributed by atoms with Gasteiger partial charge in [-0.3, -0.25) is 9.48 Å². The maximum Gasteiger partial charge on any atom is 0.241 e. The number of fused-ring (bicyclic) bond motifs is 1. The van der Waals surface area contributed by atoms with E-state index in [1.165, 1.54) is 11.1 Å². The SMILES string of the molecule is O=C(Cn1cccn1)NCC1NCCc2ccccc21. The van der Waals surface area contributed by atoms with Crippen molar-refractivity contribution in [2.24, 2.45) is 0 Å². The predicted molar refractivity (Wildman–Crippen MR) is 76.1 cm³/mol. The zero-order valence-corrected chi connectivity index (χ0v) is 11.2. The van der Waals surface area contributed by atoms with E-state index in [1.807, 2.05) is 12.1 Å². The molecule has 104 valence electrons. The fourth-order valence-electron chi connectivity index (χ4n) is 2.59. The molecule has 0 fully saturated rings. The number of nitrogens with one attached hydrogen (secondary N) is 2. The summed E-state index contributed by atoms with van der Waals surface area (Å²) >= 11 is 0. The third-order valence-electron chi connectivity index (χ3n) is 3.58. The van der Waals surface area contributed by atoms with Gasteiger partial charge in [-0.15, -0.1) is 0 Å². The molecule has 5 nitrogen and oxygen atoms in total. The second-order valence-corrected chi connectivity index (χ2v) is 4.96. The smallest absolute Gasteiger partial charge is 0.241 e. The molecule has 1 aromatic carbocycles. The summed E-state index contributed by atoms with van der Waals surface area (Å²) in [4.78, 5) is 11.9. The van der Waals surface area contributed by atoms with Crippen LogP contribution in [-0.2, 0) is 17.8 Å². The van der Waals surface area contributed by atoms with Crippen LogP contribution in [0.15, 0.2) is 42.7 Å². The first-order chi connectivity index (χ1) is 9.83. The number of amides is 1. The molecule has 1 atom stereocenters. The minimum Gasteiger partial charge on any atom is -0.353 e. The summed E-state index contributed by atoms with van der Waals surface area (Å²) < 4.78 is 1.62. The lowest BCUT2D eigenvalue weighted by Crippen LogP contribution is -2.39. The molecule has 2 N–H and O–H groups in total. The zero-order valence-electron chi connectivity index (χ0n) is 11.2. The van der Waals surface area contributed by atoms with Crippen LogP contribution < -0.4 is 10.6 Å². The minimum absolute atomic E-state index is 0.0152. The van der Waals surface area contributed by atoms with Gasteiger partial charge in [0.05, 0.1) is 0 Å². The quantitative estimate of drug-likeness (QED) is 0.867. The monoisotopic (exact) mass is 270 g/mol. The van der Waals surface area contributed by atoms with E-state index < -0.39 is 0 Å². The summed E-state index contributed by atoms with van der Waals surface area (Å²) in [6.45, 7) is 1.83. The van der Waals surface area contributed by atoms with Crippen molar-refractivity contribution in [3.8, 4) is 0 Å². The molecule has 1 aromatic heterocycles. The third kappa shape index (κ3) is 2.88. The molecule has 1 aliphatic rings. The summed E-state index contributed by atoms with van der Waals surface area (Å²) in [5.41, 5.74) is 2.66. The summed E-state index contributed by atoms with van der Waals surface area (Å²) in [5, 5.41) is 10.4. The maximum absolute atomic E-state index is 11.9. The van der Waals surface area contributed by atoms with Gasteiger partial charge in [-0.1, -0.05) is 24.3 Å². The van der Waals surface area contributed by atoms with Gasteiger partial charge in [0.1, 0.15) is 6.54 Å². The Morgan fingerprint density at radius 3 is 3.15 bits per heavy atom. The lowest BCUT2D eigenvalue weighted by atomic mass is 9.94. The predicted octanol–water partition coefficient (Wildman–Crippen LogP) is 0.886. The van der Waals surface area contributed by atoms with Crippen LogP contribution in [0.4, 0.5) is 0 Å². The largest absolute Gasteiger partial charge is 0.353 e. The summed E-state index contributed by atoms with van der Waals surface area (Å²) in [7, 11) is 0. The molecule has 0 saturated carbocycles. The molecule has 0 radical (unpaired) electrons. The molecule has 3 rings (SSSR count). The molecule has 0 spiro atoms. The number of hydrogen-bond donors (Lipinski definition) is 2. The van der Waals surface area contributed by atoms with E-state index in [1.54, 1.807) is 17.1 Å². The van der Waals surface area contributed by atoms with Crippen LogP contribution in [0, 0.1) is 0 Å². The van der Waals surface area contributed by atoms with Gasteiger partial charge in [-0.25, -0.2) is 0 Å². The third-order valence-corrected chi connectivity index (χ3v) is 3.58. The van der Waals surface area contributed by atoms with Gasteiger partial charge in [-0.05, 0) is 30.2 Å². The molecule has 1 unspecified atom stereocenters. The van der Waals surface area contributed by atoms with Crippen molar-refractivity contribution >= 4 is 5.91 Å². The molecule has 2 aromatic rings. The van der Waals surface area contributed by atoms with Crippen molar-refractivity contribution in [2.75, 3.05) is 13.1 Å². The first kappa shape index (κ1) is 12.9. The van der Waals surface area contributed by atoms with Crippen LogP contribution >= 0.6 is 0 Å². The van der Waals surface area contributed by atoms with E-state index in [2.05, 4.69) is 33.9 Å². The molecular formula is C15H18N4O. The summed E-state index contributed by atoms with van der Waals surface area (Å²) in [6.07, 6.45) is 4.51. The maximum atomic E-state index is 11.9. The fourth-order valence-corrected chi connectivity index (χ4v) is 2.59. The van der Waals surface area contributed by atoms with Crippen molar-refractivity contribution in [1.29, 1.82) is 0 Å². The van der Waals surface area contributed by atoms with Gasteiger partial charge in [0.2, 0.25) is 5.91 Å². The minimum atomic E-state index is -0.0152. The highest BCUT2D eigenvalue weighted by molar-refractivity contribution is 5.75. The average Bonchev–Trinajstić information content (AvgIpc) is 2.98. The van der Waals surface area contributed by atoms with E-state index in [4.69, 9.17) is 0 Å². The molecular weight excluding hydrogens is 252 g/mol. The summed E-state index contributed by atoms with van der Waals surface area (Å²) in [6, 6.07) is 10.4. The van der Waals surface area contributed by atoms with Gasteiger partial charge < -0.3 is 10.6 Å². The van der Waals surface area contributed by atoms with Crippen molar-refractivity contribution in [3.05, 3.63) is 53.9 Å². The van der Waals surface area contributed by atoms with Crippen LogP contribution in [0.5, 0.6) is 0 Å². The second-order valence-electron chi connectivity index (χ2n) is 4.96. The van der Waals surface area contributed by atoms with Crippen molar-refractivity contribution in [3.63, 3.8) is 0 Å². The molecule has 0 bridgehead atoms. The van der Waals surface area contributed by atoms with Crippen LogP contribution in [0.1, 0.15) is 17.2 Å². The topological polar surface area (TPSA) is 59.0 Å². The number of hydrogen-bond acceptors (Lipinski definition) is 3. The number of rotatable bonds is 4. The Balaban J connectivity index is 1.58. The van der Waals surface area contributed by atoms with Crippen molar-refractivity contribution in [2.45, 2.75) is 19.0 Å². The van der Waals surface area contributed by atoms with Gasteiger partial charge in [0, 0.05) is 25.0 Å².